The maximum absolute atomic E-state index is 3.82. The van der Waals surface area contributed by atoms with Crippen molar-refractivity contribution >= 4 is 11.1 Å². The van der Waals surface area contributed by atoms with E-state index in [1.54, 1.807) is 6.08 Å². The van der Waals surface area contributed by atoms with Crippen molar-refractivity contribution in [1.82, 2.24) is 0 Å². The van der Waals surface area contributed by atoms with Crippen molar-refractivity contribution in [3.8, 4) is 0 Å². The Morgan fingerprint density at radius 1 is 0.889 bits per heavy atom. The molecule has 0 heterocycles. The minimum atomic E-state index is 1.16. The van der Waals surface area contributed by atoms with Gasteiger partial charge in [0.15, 0.2) is 0 Å². The zero-order valence-corrected chi connectivity index (χ0v) is 11.2. The molecule has 0 aliphatic rings. The lowest BCUT2D eigenvalue weighted by Gasteiger charge is -2.05. The number of hydrogen-bond donors (Lipinski definition) is 0. The van der Waals surface area contributed by atoms with Crippen LogP contribution in [0.1, 0.15) is 25.0 Å². The van der Waals surface area contributed by atoms with Gasteiger partial charge in [0.25, 0.3) is 0 Å². The van der Waals surface area contributed by atoms with Gasteiger partial charge in [-0.15, -0.1) is 0 Å². The first-order chi connectivity index (χ1) is 8.76. The van der Waals surface area contributed by atoms with Gasteiger partial charge in [0.05, 0.1) is 0 Å². The summed E-state index contributed by atoms with van der Waals surface area (Å²) in [7, 11) is 0. The minimum absolute atomic E-state index is 1.16. The van der Waals surface area contributed by atoms with E-state index in [1.807, 2.05) is 26.0 Å². The third-order valence-corrected chi connectivity index (χ3v) is 2.81. The summed E-state index contributed by atoms with van der Waals surface area (Å²) >= 11 is 0. The molecule has 0 amide bonds. The minimum Gasteiger partial charge on any atom is -0.0991 e. The number of allylic oxidation sites excluding steroid dienone is 8. The first kappa shape index (κ1) is 14.0. The van der Waals surface area contributed by atoms with Gasteiger partial charge >= 0.3 is 0 Å². The van der Waals surface area contributed by atoms with E-state index in [0.717, 1.165) is 5.57 Å². The van der Waals surface area contributed by atoms with Crippen LogP contribution in [0.3, 0.4) is 0 Å². The Bertz CT molecular complexity index is 493. The smallest absolute Gasteiger partial charge is 0.0187 e. The maximum Gasteiger partial charge on any atom is -0.0187 e. The van der Waals surface area contributed by atoms with Crippen LogP contribution in [0.4, 0.5) is 0 Å². The third kappa shape index (κ3) is 3.46. The van der Waals surface area contributed by atoms with E-state index < -0.39 is 0 Å². The maximum atomic E-state index is 3.82. The van der Waals surface area contributed by atoms with Crippen molar-refractivity contribution in [1.29, 1.82) is 0 Å². The highest BCUT2D eigenvalue weighted by Crippen LogP contribution is 2.21. The van der Waals surface area contributed by atoms with Gasteiger partial charge < -0.3 is 0 Å². The first-order valence-corrected chi connectivity index (χ1v) is 6.11. The highest BCUT2D eigenvalue weighted by atomic mass is 14.0. The van der Waals surface area contributed by atoms with Gasteiger partial charge in [0.1, 0.15) is 0 Å². The van der Waals surface area contributed by atoms with E-state index in [-0.39, 0.29) is 0 Å². The van der Waals surface area contributed by atoms with Crippen LogP contribution in [-0.4, -0.2) is 0 Å². The van der Waals surface area contributed by atoms with Gasteiger partial charge in [-0.3, -0.25) is 0 Å². The second-order valence-corrected chi connectivity index (χ2v) is 3.86. The average molecular weight is 236 g/mol. The van der Waals surface area contributed by atoms with Gasteiger partial charge in [-0.05, 0) is 36.1 Å². The molecule has 0 radical (unpaired) electrons. The largest absolute Gasteiger partial charge is 0.0991 e. The number of rotatable bonds is 5. The van der Waals surface area contributed by atoms with Crippen LogP contribution in [-0.2, 0) is 0 Å². The lowest BCUT2D eigenvalue weighted by Crippen LogP contribution is -1.84. The third-order valence-electron chi connectivity index (χ3n) is 2.81. The number of benzene rings is 1. The molecule has 0 bridgehead atoms. The molecule has 0 aliphatic heterocycles. The fourth-order valence-electron chi connectivity index (χ4n) is 1.79. The molecule has 1 aromatic rings. The molecule has 1 aromatic carbocycles. The molecule has 0 heteroatoms. The van der Waals surface area contributed by atoms with E-state index in [2.05, 4.69) is 55.7 Å². The molecule has 0 aliphatic carbocycles. The number of hydrogen-bond acceptors (Lipinski definition) is 0. The summed E-state index contributed by atoms with van der Waals surface area (Å²) in [6, 6.07) is 8.51. The monoisotopic (exact) mass is 236 g/mol. The van der Waals surface area contributed by atoms with Crippen LogP contribution < -0.4 is 0 Å². The molecular weight excluding hydrogens is 216 g/mol. The van der Waals surface area contributed by atoms with Gasteiger partial charge in [-0.1, -0.05) is 73.9 Å². The predicted octanol–water partition coefficient (Wildman–Crippen LogP) is 5.42. The molecule has 0 fully saturated rings. The van der Waals surface area contributed by atoms with Gasteiger partial charge in [0, 0.05) is 0 Å². The van der Waals surface area contributed by atoms with E-state index >= 15 is 0 Å². The highest BCUT2D eigenvalue weighted by Gasteiger charge is 1.99. The van der Waals surface area contributed by atoms with Crippen LogP contribution in [0.2, 0.25) is 0 Å². The van der Waals surface area contributed by atoms with E-state index in [0.29, 0.717) is 0 Å². The molecule has 0 unspecified atom stereocenters. The molecule has 0 nitrogen and oxygen atoms in total. The normalized spacial score (nSPS) is 12.8. The molecule has 0 atom stereocenters. The Balaban J connectivity index is 3.05. The van der Waals surface area contributed by atoms with Crippen LogP contribution in [0.15, 0.2) is 73.9 Å². The van der Waals surface area contributed by atoms with Gasteiger partial charge in [0.2, 0.25) is 0 Å². The molecular formula is C18H20. The van der Waals surface area contributed by atoms with E-state index in [1.165, 1.54) is 16.7 Å². The quantitative estimate of drug-likeness (QED) is 0.599. The molecule has 18 heavy (non-hydrogen) atoms. The van der Waals surface area contributed by atoms with Crippen LogP contribution in [0, 0.1) is 0 Å². The Labute approximate surface area is 110 Å². The molecule has 0 saturated carbocycles. The SMILES string of the molecule is C=C/C=C\C(=C/C)c1ccc(/C(C=C)=C/C)cc1. The van der Waals surface area contributed by atoms with Crippen LogP contribution in [0.5, 0.6) is 0 Å². The Morgan fingerprint density at radius 3 is 1.78 bits per heavy atom. The summed E-state index contributed by atoms with van der Waals surface area (Å²) in [6.45, 7) is 11.6. The zero-order valence-electron chi connectivity index (χ0n) is 11.2. The summed E-state index contributed by atoms with van der Waals surface area (Å²) in [5.74, 6) is 0. The van der Waals surface area contributed by atoms with Crippen molar-refractivity contribution in [2.75, 3.05) is 0 Å². The second kappa shape index (κ2) is 7.29. The fourth-order valence-corrected chi connectivity index (χ4v) is 1.79. The van der Waals surface area contributed by atoms with E-state index in [4.69, 9.17) is 0 Å². The van der Waals surface area contributed by atoms with Crippen molar-refractivity contribution in [3.05, 3.63) is 85.0 Å². The van der Waals surface area contributed by atoms with Crippen molar-refractivity contribution in [2.24, 2.45) is 0 Å². The predicted molar refractivity (Wildman–Crippen MR) is 83.3 cm³/mol. The Morgan fingerprint density at radius 2 is 1.39 bits per heavy atom. The summed E-state index contributed by atoms with van der Waals surface area (Å²) in [4.78, 5) is 0. The van der Waals surface area contributed by atoms with Crippen molar-refractivity contribution in [2.45, 2.75) is 13.8 Å². The highest BCUT2D eigenvalue weighted by molar-refractivity contribution is 5.77. The van der Waals surface area contributed by atoms with Gasteiger partial charge in [-0.25, -0.2) is 0 Å². The average Bonchev–Trinajstić information content (AvgIpc) is 2.42. The van der Waals surface area contributed by atoms with Gasteiger partial charge in [-0.2, -0.15) is 0 Å². The second-order valence-electron chi connectivity index (χ2n) is 3.86. The summed E-state index contributed by atoms with van der Waals surface area (Å²) in [6.07, 6.45) is 11.8. The van der Waals surface area contributed by atoms with Crippen LogP contribution >= 0.6 is 0 Å². The first-order valence-electron chi connectivity index (χ1n) is 6.11. The lowest BCUT2D eigenvalue weighted by molar-refractivity contribution is 1.55. The summed E-state index contributed by atoms with van der Waals surface area (Å²) in [5, 5.41) is 0. The Kier molecular flexibility index (Phi) is 5.66. The van der Waals surface area contributed by atoms with E-state index in [9.17, 15) is 0 Å². The molecule has 0 N–H and O–H groups in total. The fraction of sp³-hybridized carbons (Fsp3) is 0.111. The lowest BCUT2D eigenvalue weighted by atomic mass is 10.00. The van der Waals surface area contributed by atoms with Crippen molar-refractivity contribution < 1.29 is 0 Å². The zero-order chi connectivity index (χ0) is 13.4. The molecule has 0 saturated heterocycles. The Hall–Kier alpha value is -2.08. The molecule has 1 rings (SSSR count). The standard InChI is InChI=1S/C18H20/c1-5-9-10-16(8-4)18-13-11-17(12-14-18)15(6-2)7-3/h5-14H,1-2H2,3-4H3/b10-9-,15-7+,16-8+. The molecule has 0 spiro atoms. The summed E-state index contributed by atoms with van der Waals surface area (Å²) < 4.78 is 0. The van der Waals surface area contributed by atoms with Crippen LogP contribution in [0.25, 0.3) is 11.1 Å². The molecule has 0 aromatic heterocycles. The summed E-state index contributed by atoms with van der Waals surface area (Å²) in [5.41, 5.74) is 4.76. The van der Waals surface area contributed by atoms with Crippen molar-refractivity contribution in [3.63, 3.8) is 0 Å². The topological polar surface area (TPSA) is 0 Å². The molecule has 92 valence electrons.